The van der Waals surface area contributed by atoms with E-state index in [2.05, 4.69) is 10.6 Å². The SMILES string of the molecule is CC(=O)NC[C@]1(NC(C)=O)C[C@@H]2CC[C@@H](C2)C1. The van der Waals surface area contributed by atoms with E-state index in [4.69, 9.17) is 0 Å². The van der Waals surface area contributed by atoms with Crippen LogP contribution in [-0.4, -0.2) is 23.9 Å². The van der Waals surface area contributed by atoms with Crippen LogP contribution in [0.5, 0.6) is 0 Å². The van der Waals surface area contributed by atoms with Crippen LogP contribution in [0.25, 0.3) is 0 Å². The maximum atomic E-state index is 11.4. The fourth-order valence-corrected chi connectivity index (χ4v) is 3.70. The lowest BCUT2D eigenvalue weighted by molar-refractivity contribution is -0.123. The van der Waals surface area contributed by atoms with Crippen LogP contribution >= 0.6 is 0 Å². The fourth-order valence-electron chi connectivity index (χ4n) is 3.70. The van der Waals surface area contributed by atoms with Crippen molar-refractivity contribution in [1.29, 1.82) is 0 Å². The molecule has 2 saturated carbocycles. The Labute approximate surface area is 103 Å². The summed E-state index contributed by atoms with van der Waals surface area (Å²) in [7, 11) is 0. The molecule has 0 aliphatic heterocycles. The Morgan fingerprint density at radius 2 is 1.71 bits per heavy atom. The lowest BCUT2D eigenvalue weighted by atomic mass is 9.75. The second-order valence-corrected chi connectivity index (χ2v) is 5.82. The van der Waals surface area contributed by atoms with Gasteiger partial charge in [0.2, 0.25) is 11.8 Å². The first-order valence-corrected chi connectivity index (χ1v) is 6.52. The molecule has 4 nitrogen and oxygen atoms in total. The Hall–Kier alpha value is -1.06. The predicted molar refractivity (Wildman–Crippen MR) is 65.3 cm³/mol. The van der Waals surface area contributed by atoms with E-state index in [0.717, 1.165) is 24.7 Å². The average Bonchev–Trinajstić information content (AvgIpc) is 2.55. The van der Waals surface area contributed by atoms with Crippen molar-refractivity contribution in [3.63, 3.8) is 0 Å². The van der Waals surface area contributed by atoms with Crippen molar-refractivity contribution >= 4 is 11.8 Å². The first-order valence-electron chi connectivity index (χ1n) is 6.52. The van der Waals surface area contributed by atoms with E-state index in [1.807, 2.05) is 0 Å². The van der Waals surface area contributed by atoms with Gasteiger partial charge < -0.3 is 10.6 Å². The number of amides is 2. The van der Waals surface area contributed by atoms with Gasteiger partial charge in [-0.05, 0) is 31.1 Å². The monoisotopic (exact) mass is 238 g/mol. The molecule has 0 radical (unpaired) electrons. The molecule has 0 aromatic carbocycles. The molecule has 96 valence electrons. The minimum atomic E-state index is -0.193. The molecule has 17 heavy (non-hydrogen) atoms. The predicted octanol–water partition coefficient (Wildman–Crippen LogP) is 1.21. The van der Waals surface area contributed by atoms with Crippen molar-refractivity contribution in [2.45, 2.75) is 51.5 Å². The minimum absolute atomic E-state index is 0.0108. The highest BCUT2D eigenvalue weighted by molar-refractivity contribution is 5.75. The molecule has 2 N–H and O–H groups in total. The Morgan fingerprint density at radius 3 is 2.18 bits per heavy atom. The summed E-state index contributed by atoms with van der Waals surface area (Å²) in [5.74, 6) is 1.45. The van der Waals surface area contributed by atoms with E-state index in [9.17, 15) is 9.59 Å². The van der Waals surface area contributed by atoms with Gasteiger partial charge in [0, 0.05) is 20.4 Å². The van der Waals surface area contributed by atoms with Crippen LogP contribution in [0.1, 0.15) is 46.0 Å². The number of fused-ring (bicyclic) bond motifs is 2. The molecule has 0 aromatic rings. The fraction of sp³-hybridized carbons (Fsp3) is 0.846. The van der Waals surface area contributed by atoms with Crippen LogP contribution in [0, 0.1) is 11.8 Å². The van der Waals surface area contributed by atoms with Crippen LogP contribution in [-0.2, 0) is 9.59 Å². The molecule has 2 bridgehead atoms. The highest BCUT2D eigenvalue weighted by Gasteiger charge is 2.44. The standard InChI is InChI=1S/C13H22N2O2/c1-9(16)14-8-13(15-10(2)17)6-11-3-4-12(5-11)7-13/h11-12H,3-8H2,1-2H3,(H,14,16)(H,15,17)/t11-,12+,13+. The van der Waals surface area contributed by atoms with Gasteiger partial charge in [-0.15, -0.1) is 0 Å². The van der Waals surface area contributed by atoms with Crippen LogP contribution < -0.4 is 10.6 Å². The summed E-state index contributed by atoms with van der Waals surface area (Å²) in [4.78, 5) is 22.4. The maximum absolute atomic E-state index is 11.4. The van der Waals surface area contributed by atoms with Gasteiger partial charge in [-0.3, -0.25) is 9.59 Å². The number of carbonyl (C=O) groups is 2. The first kappa shape index (κ1) is 12.4. The Bertz CT molecular complexity index is 315. The molecule has 2 fully saturated rings. The second-order valence-electron chi connectivity index (χ2n) is 5.82. The number of hydrogen-bond donors (Lipinski definition) is 2. The quantitative estimate of drug-likeness (QED) is 0.776. The van der Waals surface area contributed by atoms with E-state index < -0.39 is 0 Å². The second kappa shape index (κ2) is 4.67. The minimum Gasteiger partial charge on any atom is -0.354 e. The number of nitrogens with one attached hydrogen (secondary N) is 2. The Morgan fingerprint density at radius 1 is 1.12 bits per heavy atom. The van der Waals surface area contributed by atoms with E-state index in [1.165, 1.54) is 26.2 Å². The molecule has 2 aliphatic rings. The molecule has 0 aromatic heterocycles. The van der Waals surface area contributed by atoms with Crippen molar-refractivity contribution in [3.8, 4) is 0 Å². The van der Waals surface area contributed by atoms with Gasteiger partial charge in [-0.2, -0.15) is 0 Å². The van der Waals surface area contributed by atoms with E-state index in [1.54, 1.807) is 6.92 Å². The zero-order chi connectivity index (χ0) is 12.5. The zero-order valence-corrected chi connectivity index (χ0v) is 10.7. The average molecular weight is 238 g/mol. The van der Waals surface area contributed by atoms with Crippen molar-refractivity contribution < 1.29 is 9.59 Å². The van der Waals surface area contributed by atoms with Gasteiger partial charge in [0.1, 0.15) is 0 Å². The lowest BCUT2D eigenvalue weighted by Crippen LogP contribution is -2.57. The number of rotatable bonds is 3. The molecular formula is C13H22N2O2. The van der Waals surface area contributed by atoms with Gasteiger partial charge >= 0.3 is 0 Å². The topological polar surface area (TPSA) is 58.2 Å². The third kappa shape index (κ3) is 2.99. The van der Waals surface area contributed by atoms with Gasteiger partial charge in [-0.25, -0.2) is 0 Å². The van der Waals surface area contributed by atoms with Crippen molar-refractivity contribution in [2.24, 2.45) is 11.8 Å². The lowest BCUT2D eigenvalue weighted by Gasteiger charge is -2.41. The molecule has 0 saturated heterocycles. The maximum Gasteiger partial charge on any atom is 0.217 e. The van der Waals surface area contributed by atoms with E-state index >= 15 is 0 Å². The van der Waals surface area contributed by atoms with Crippen LogP contribution in [0.4, 0.5) is 0 Å². The third-order valence-corrected chi connectivity index (χ3v) is 4.13. The summed E-state index contributed by atoms with van der Waals surface area (Å²) >= 11 is 0. The molecule has 0 unspecified atom stereocenters. The third-order valence-electron chi connectivity index (χ3n) is 4.13. The Kier molecular flexibility index (Phi) is 3.40. The van der Waals surface area contributed by atoms with Crippen molar-refractivity contribution in [3.05, 3.63) is 0 Å². The van der Waals surface area contributed by atoms with Gasteiger partial charge in [0.15, 0.2) is 0 Å². The highest BCUT2D eigenvalue weighted by atomic mass is 16.2. The summed E-state index contributed by atoms with van der Waals surface area (Å²) in [5, 5.41) is 5.97. The molecule has 3 atom stereocenters. The number of hydrogen-bond acceptors (Lipinski definition) is 2. The molecule has 0 spiro atoms. The Balaban J connectivity index is 2.06. The molecule has 2 aliphatic carbocycles. The summed E-state index contributed by atoms with van der Waals surface area (Å²) in [6, 6.07) is 0. The van der Waals surface area contributed by atoms with Crippen molar-refractivity contribution in [2.75, 3.05) is 6.54 Å². The molecule has 4 heteroatoms. The van der Waals surface area contributed by atoms with Gasteiger partial charge in [0.05, 0.1) is 5.54 Å². The normalized spacial score (nSPS) is 35.4. The highest BCUT2D eigenvalue weighted by Crippen LogP contribution is 2.46. The van der Waals surface area contributed by atoms with Crippen LogP contribution in [0.3, 0.4) is 0 Å². The summed E-state index contributed by atoms with van der Waals surface area (Å²) < 4.78 is 0. The largest absolute Gasteiger partial charge is 0.354 e. The first-order chi connectivity index (χ1) is 7.99. The number of carbonyl (C=O) groups excluding carboxylic acids is 2. The molecule has 2 amide bonds. The summed E-state index contributed by atoms with van der Waals surface area (Å²) in [6.45, 7) is 3.67. The van der Waals surface area contributed by atoms with E-state index in [0.29, 0.717) is 6.54 Å². The summed E-state index contributed by atoms with van der Waals surface area (Å²) in [6.07, 6.45) is 5.91. The molecule has 2 rings (SSSR count). The molecular weight excluding hydrogens is 216 g/mol. The van der Waals surface area contributed by atoms with E-state index in [-0.39, 0.29) is 17.4 Å². The molecule has 0 heterocycles. The smallest absolute Gasteiger partial charge is 0.217 e. The summed E-state index contributed by atoms with van der Waals surface area (Å²) in [5.41, 5.74) is -0.193. The van der Waals surface area contributed by atoms with Crippen molar-refractivity contribution in [1.82, 2.24) is 10.6 Å². The van der Waals surface area contributed by atoms with Gasteiger partial charge in [0.25, 0.3) is 0 Å². The van der Waals surface area contributed by atoms with Gasteiger partial charge in [-0.1, -0.05) is 12.8 Å². The zero-order valence-electron chi connectivity index (χ0n) is 10.7. The van der Waals surface area contributed by atoms with Crippen LogP contribution in [0.15, 0.2) is 0 Å². The van der Waals surface area contributed by atoms with Crippen LogP contribution in [0.2, 0.25) is 0 Å².